The molecule has 0 amide bonds. The average molecular weight is 148 g/mol. The summed E-state index contributed by atoms with van der Waals surface area (Å²) in [5.74, 6) is 0. The molecule has 0 aromatic carbocycles. The maximum atomic E-state index is 9.12. The van der Waals surface area contributed by atoms with E-state index in [9.17, 15) is 0 Å². The van der Waals surface area contributed by atoms with Gasteiger partial charge in [-0.2, -0.15) is 0 Å². The number of rotatable bonds is 1. The fourth-order valence-electron chi connectivity index (χ4n) is 0.923. The van der Waals surface area contributed by atoms with Crippen LogP contribution >= 0.6 is 0 Å². The van der Waals surface area contributed by atoms with Crippen molar-refractivity contribution in [1.29, 1.82) is 0 Å². The summed E-state index contributed by atoms with van der Waals surface area (Å²) < 4.78 is 0. The minimum atomic E-state index is -0.883. The summed E-state index contributed by atoms with van der Waals surface area (Å²) in [7, 11) is 0. The summed E-state index contributed by atoms with van der Waals surface area (Å²) in [5.41, 5.74) is 5.28. The molecule has 1 aliphatic heterocycles. The molecule has 1 rings (SSSR count). The van der Waals surface area contributed by atoms with Crippen molar-refractivity contribution in [1.82, 2.24) is 10.9 Å². The van der Waals surface area contributed by atoms with Gasteiger partial charge >= 0.3 is 0 Å². The molecule has 0 saturated carbocycles. The van der Waals surface area contributed by atoms with Gasteiger partial charge in [0, 0.05) is 6.54 Å². The topological polar surface area (TPSA) is 84.8 Å². The second-order valence-electron chi connectivity index (χ2n) is 2.37. The first kappa shape index (κ1) is 7.90. The van der Waals surface area contributed by atoms with Crippen LogP contribution in [0.1, 0.15) is 0 Å². The lowest BCUT2D eigenvalue weighted by molar-refractivity contribution is -0.0433. The predicted molar refractivity (Wildman–Crippen MR) is 34.0 cm³/mol. The van der Waals surface area contributed by atoms with Gasteiger partial charge in [0.25, 0.3) is 0 Å². The first-order chi connectivity index (χ1) is 4.75. The fraction of sp³-hybridized carbons (Fsp3) is 1.00. The third-order valence-electron chi connectivity index (χ3n) is 1.60. The van der Waals surface area contributed by atoms with Gasteiger partial charge in [0.2, 0.25) is 0 Å². The van der Waals surface area contributed by atoms with Crippen LogP contribution in [-0.4, -0.2) is 46.7 Å². The van der Waals surface area contributed by atoms with Gasteiger partial charge in [-0.1, -0.05) is 0 Å². The van der Waals surface area contributed by atoms with Gasteiger partial charge in [-0.25, -0.2) is 5.43 Å². The van der Waals surface area contributed by atoms with E-state index in [0.717, 1.165) is 0 Å². The number of nitrogens with one attached hydrogen (secondary N) is 2. The normalized spacial score (nSPS) is 41.7. The predicted octanol–water partition coefficient (Wildman–Crippen LogP) is -2.82. The first-order valence-corrected chi connectivity index (χ1v) is 3.21. The highest BCUT2D eigenvalue weighted by Crippen LogP contribution is 2.01. The molecular weight excluding hydrogens is 136 g/mol. The van der Waals surface area contributed by atoms with Gasteiger partial charge in [0.05, 0.1) is 18.8 Å². The summed E-state index contributed by atoms with van der Waals surface area (Å²) in [4.78, 5) is 0. The lowest BCUT2D eigenvalue weighted by Crippen LogP contribution is -2.62. The van der Waals surface area contributed by atoms with E-state index < -0.39 is 18.2 Å². The smallest absolute Gasteiger partial charge is 0.100 e. The van der Waals surface area contributed by atoms with Crippen molar-refractivity contribution in [3.63, 3.8) is 0 Å². The van der Waals surface area contributed by atoms with Crippen LogP contribution in [0.15, 0.2) is 0 Å². The van der Waals surface area contributed by atoms with E-state index in [4.69, 9.17) is 15.3 Å². The molecule has 5 nitrogen and oxygen atoms in total. The highest BCUT2D eigenvalue weighted by Gasteiger charge is 2.29. The van der Waals surface area contributed by atoms with E-state index in [-0.39, 0.29) is 6.61 Å². The van der Waals surface area contributed by atoms with Crippen LogP contribution in [0.3, 0.4) is 0 Å². The van der Waals surface area contributed by atoms with Gasteiger partial charge in [-0.3, -0.25) is 5.43 Å². The van der Waals surface area contributed by atoms with E-state index in [0.29, 0.717) is 6.54 Å². The molecule has 10 heavy (non-hydrogen) atoms. The molecule has 5 heteroatoms. The largest absolute Gasteiger partial charge is 0.395 e. The van der Waals surface area contributed by atoms with Crippen molar-refractivity contribution in [2.24, 2.45) is 0 Å². The minimum absolute atomic E-state index is 0.189. The Labute approximate surface area is 58.6 Å². The van der Waals surface area contributed by atoms with Gasteiger partial charge in [0.1, 0.15) is 6.10 Å². The van der Waals surface area contributed by atoms with E-state index >= 15 is 0 Å². The van der Waals surface area contributed by atoms with E-state index in [1.165, 1.54) is 0 Å². The highest BCUT2D eigenvalue weighted by molar-refractivity contribution is 4.84. The molecule has 0 radical (unpaired) electrons. The average Bonchev–Trinajstić information content (AvgIpc) is 1.95. The minimum Gasteiger partial charge on any atom is -0.395 e. The SMILES string of the molecule is OC[C@@H]1NNC[C@H](O)[C@@H]1O. The van der Waals surface area contributed by atoms with Crippen LogP contribution in [0.2, 0.25) is 0 Å². The molecule has 5 N–H and O–H groups in total. The van der Waals surface area contributed by atoms with Gasteiger partial charge < -0.3 is 15.3 Å². The third-order valence-corrected chi connectivity index (χ3v) is 1.60. The zero-order valence-electron chi connectivity index (χ0n) is 5.49. The van der Waals surface area contributed by atoms with Crippen molar-refractivity contribution in [3.05, 3.63) is 0 Å². The zero-order chi connectivity index (χ0) is 7.56. The lowest BCUT2D eigenvalue weighted by Gasteiger charge is -2.31. The summed E-state index contributed by atoms with van der Waals surface area (Å²) in [5, 5.41) is 26.7. The molecule has 0 aliphatic carbocycles. The number of hydrazine groups is 1. The Balaban J connectivity index is 2.42. The van der Waals surface area contributed by atoms with Gasteiger partial charge in [-0.05, 0) is 0 Å². The van der Waals surface area contributed by atoms with Crippen LogP contribution in [0.4, 0.5) is 0 Å². The Bertz CT molecular complexity index is 111. The fourth-order valence-corrected chi connectivity index (χ4v) is 0.923. The Morgan fingerprint density at radius 1 is 1.40 bits per heavy atom. The number of aliphatic hydroxyl groups is 3. The maximum absolute atomic E-state index is 9.12. The Kier molecular flexibility index (Phi) is 2.58. The lowest BCUT2D eigenvalue weighted by atomic mass is 10.1. The van der Waals surface area contributed by atoms with Crippen LogP contribution in [0.25, 0.3) is 0 Å². The van der Waals surface area contributed by atoms with Crippen LogP contribution in [0.5, 0.6) is 0 Å². The monoisotopic (exact) mass is 148 g/mol. The van der Waals surface area contributed by atoms with Crippen molar-refractivity contribution in [2.75, 3.05) is 13.2 Å². The van der Waals surface area contributed by atoms with Gasteiger partial charge in [-0.15, -0.1) is 0 Å². The summed E-state index contributed by atoms with van der Waals surface area (Å²) >= 11 is 0. The van der Waals surface area contributed by atoms with Crippen LogP contribution < -0.4 is 10.9 Å². The van der Waals surface area contributed by atoms with Crippen molar-refractivity contribution in [2.45, 2.75) is 18.2 Å². The van der Waals surface area contributed by atoms with Crippen LogP contribution in [-0.2, 0) is 0 Å². The molecule has 1 fully saturated rings. The highest BCUT2D eigenvalue weighted by atomic mass is 16.3. The van der Waals surface area contributed by atoms with E-state index in [2.05, 4.69) is 10.9 Å². The standard InChI is InChI=1S/C5H12N2O3/c8-2-3-5(10)4(9)1-6-7-3/h3-10H,1-2H2/t3-,4-,5+/m0/s1. The molecule has 0 aromatic heterocycles. The van der Waals surface area contributed by atoms with Crippen LogP contribution in [0, 0.1) is 0 Å². The van der Waals surface area contributed by atoms with E-state index in [1.807, 2.05) is 0 Å². The first-order valence-electron chi connectivity index (χ1n) is 3.21. The van der Waals surface area contributed by atoms with Crippen molar-refractivity contribution < 1.29 is 15.3 Å². The molecule has 0 aromatic rings. The maximum Gasteiger partial charge on any atom is 0.100 e. The Morgan fingerprint density at radius 3 is 2.60 bits per heavy atom. The quantitative estimate of drug-likeness (QED) is 0.277. The Hall–Kier alpha value is -0.200. The third kappa shape index (κ3) is 1.44. The molecule has 1 heterocycles. The molecular formula is C5H12N2O3. The number of aliphatic hydroxyl groups excluding tert-OH is 3. The summed E-state index contributed by atoms with van der Waals surface area (Å²) in [6.45, 7) is 0.114. The van der Waals surface area contributed by atoms with Crippen molar-refractivity contribution >= 4 is 0 Å². The molecule has 0 bridgehead atoms. The molecule has 0 unspecified atom stereocenters. The second kappa shape index (κ2) is 3.27. The molecule has 60 valence electrons. The molecule has 0 spiro atoms. The number of hydrogen-bond donors (Lipinski definition) is 5. The zero-order valence-corrected chi connectivity index (χ0v) is 5.49. The Morgan fingerprint density at radius 2 is 2.10 bits per heavy atom. The van der Waals surface area contributed by atoms with Gasteiger partial charge in [0.15, 0.2) is 0 Å². The van der Waals surface area contributed by atoms with Crippen molar-refractivity contribution in [3.8, 4) is 0 Å². The summed E-state index contributed by atoms with van der Waals surface area (Å²) in [6.07, 6.45) is -1.68. The molecule has 1 aliphatic rings. The number of β-amino-alcohol motifs (C(OH)–C–C–N with tert-alkyl or cyclic N) is 1. The summed E-state index contributed by atoms with van der Waals surface area (Å²) in [6, 6.07) is -0.469. The molecule has 1 saturated heterocycles. The number of hydrogen-bond acceptors (Lipinski definition) is 5. The molecule has 3 atom stereocenters. The second-order valence-corrected chi connectivity index (χ2v) is 2.37. The van der Waals surface area contributed by atoms with E-state index in [1.54, 1.807) is 0 Å².